The van der Waals surface area contributed by atoms with Gasteiger partial charge in [-0.05, 0) is 89.9 Å². The fourth-order valence-corrected chi connectivity index (χ4v) is 7.28. The minimum absolute atomic E-state index is 0.105. The van der Waals surface area contributed by atoms with Gasteiger partial charge in [-0.2, -0.15) is 0 Å². The van der Waals surface area contributed by atoms with Crippen molar-refractivity contribution in [3.63, 3.8) is 0 Å². The van der Waals surface area contributed by atoms with E-state index in [2.05, 4.69) is 69.4 Å². The summed E-state index contributed by atoms with van der Waals surface area (Å²) in [5.74, 6) is -0.973. The molecule has 0 aliphatic rings. The molecular formula is C62H100O6. The van der Waals surface area contributed by atoms with Gasteiger partial charge in [-0.15, -0.1) is 0 Å². The van der Waals surface area contributed by atoms with Gasteiger partial charge in [0.15, 0.2) is 6.10 Å². The normalized spacial score (nSPS) is 13.0. The predicted molar refractivity (Wildman–Crippen MR) is 293 cm³/mol. The van der Waals surface area contributed by atoms with Crippen LogP contribution in [0.3, 0.4) is 0 Å². The van der Waals surface area contributed by atoms with Crippen LogP contribution in [0.25, 0.3) is 0 Å². The van der Waals surface area contributed by atoms with Crippen LogP contribution in [0.15, 0.2) is 122 Å². The van der Waals surface area contributed by atoms with Crippen molar-refractivity contribution in [3.05, 3.63) is 122 Å². The van der Waals surface area contributed by atoms with E-state index >= 15 is 0 Å². The summed E-state index contributed by atoms with van der Waals surface area (Å²) >= 11 is 0. The molecule has 0 aromatic rings. The minimum Gasteiger partial charge on any atom is -0.462 e. The Morgan fingerprint density at radius 3 is 1.09 bits per heavy atom. The number of allylic oxidation sites excluding steroid dienone is 20. The molecule has 1 atom stereocenters. The van der Waals surface area contributed by atoms with E-state index in [0.29, 0.717) is 19.3 Å². The van der Waals surface area contributed by atoms with E-state index in [1.165, 1.54) is 89.9 Å². The van der Waals surface area contributed by atoms with Gasteiger partial charge >= 0.3 is 17.9 Å². The highest BCUT2D eigenvalue weighted by Gasteiger charge is 2.19. The molecule has 0 rings (SSSR count). The number of unbranched alkanes of at least 4 members (excludes halogenated alkanes) is 23. The van der Waals surface area contributed by atoms with Gasteiger partial charge < -0.3 is 14.2 Å². The highest BCUT2D eigenvalue weighted by molar-refractivity contribution is 5.71. The fraction of sp³-hybridized carbons (Fsp3) is 0.629. The second-order valence-electron chi connectivity index (χ2n) is 17.9. The van der Waals surface area contributed by atoms with Crippen molar-refractivity contribution in [1.82, 2.24) is 0 Å². The largest absolute Gasteiger partial charge is 0.462 e. The lowest BCUT2D eigenvalue weighted by Gasteiger charge is -2.18. The van der Waals surface area contributed by atoms with Crippen molar-refractivity contribution >= 4 is 17.9 Å². The Labute approximate surface area is 418 Å². The van der Waals surface area contributed by atoms with Crippen molar-refractivity contribution in [3.8, 4) is 0 Å². The Hall–Kier alpha value is -4.19. The maximum Gasteiger partial charge on any atom is 0.306 e. The lowest BCUT2D eigenvalue weighted by atomic mass is 10.1. The van der Waals surface area contributed by atoms with Crippen molar-refractivity contribution in [2.75, 3.05) is 13.2 Å². The van der Waals surface area contributed by atoms with Crippen LogP contribution in [-0.4, -0.2) is 37.2 Å². The lowest BCUT2D eigenvalue weighted by Crippen LogP contribution is -2.30. The van der Waals surface area contributed by atoms with Gasteiger partial charge in [0, 0.05) is 19.3 Å². The molecule has 0 fully saturated rings. The molecule has 0 heterocycles. The van der Waals surface area contributed by atoms with Crippen LogP contribution >= 0.6 is 0 Å². The first-order valence-electron chi connectivity index (χ1n) is 27.6. The summed E-state index contributed by atoms with van der Waals surface area (Å²) in [6.07, 6.45) is 76.1. The van der Waals surface area contributed by atoms with Gasteiger partial charge in [-0.25, -0.2) is 0 Å². The molecule has 0 amide bonds. The summed E-state index contributed by atoms with van der Waals surface area (Å²) in [5, 5.41) is 0. The van der Waals surface area contributed by atoms with Crippen LogP contribution in [0, 0.1) is 0 Å². The van der Waals surface area contributed by atoms with Gasteiger partial charge in [0.05, 0.1) is 0 Å². The molecule has 0 N–H and O–H groups in total. The topological polar surface area (TPSA) is 78.9 Å². The van der Waals surface area contributed by atoms with Crippen LogP contribution in [0.2, 0.25) is 0 Å². The monoisotopic (exact) mass is 941 g/mol. The summed E-state index contributed by atoms with van der Waals surface area (Å²) in [6, 6.07) is 0. The van der Waals surface area contributed by atoms with Crippen molar-refractivity contribution in [2.24, 2.45) is 0 Å². The molecule has 0 saturated heterocycles. The van der Waals surface area contributed by atoms with E-state index < -0.39 is 6.10 Å². The van der Waals surface area contributed by atoms with Crippen molar-refractivity contribution in [1.29, 1.82) is 0 Å². The second-order valence-corrected chi connectivity index (χ2v) is 17.9. The third-order valence-electron chi connectivity index (χ3n) is 11.4. The first-order valence-corrected chi connectivity index (χ1v) is 27.6. The zero-order valence-corrected chi connectivity index (χ0v) is 43.8. The minimum atomic E-state index is -0.809. The number of carbonyl (C=O) groups excluding carboxylic acids is 3. The van der Waals surface area contributed by atoms with E-state index in [1.54, 1.807) is 0 Å². The van der Waals surface area contributed by atoms with Crippen molar-refractivity contribution < 1.29 is 28.6 Å². The van der Waals surface area contributed by atoms with Gasteiger partial charge in [-0.1, -0.05) is 245 Å². The van der Waals surface area contributed by atoms with E-state index in [4.69, 9.17) is 14.2 Å². The predicted octanol–water partition coefficient (Wildman–Crippen LogP) is 18.5. The Morgan fingerprint density at radius 2 is 0.647 bits per heavy atom. The average molecular weight is 941 g/mol. The second kappa shape index (κ2) is 55.4. The first kappa shape index (κ1) is 63.8. The van der Waals surface area contributed by atoms with E-state index in [9.17, 15) is 14.4 Å². The average Bonchev–Trinajstić information content (AvgIpc) is 3.34. The maximum atomic E-state index is 12.8. The molecule has 0 aromatic heterocycles. The summed E-state index contributed by atoms with van der Waals surface area (Å²) in [7, 11) is 0. The van der Waals surface area contributed by atoms with Gasteiger partial charge in [0.2, 0.25) is 0 Å². The highest BCUT2D eigenvalue weighted by atomic mass is 16.6. The Kier molecular flexibility index (Phi) is 52.0. The summed E-state index contributed by atoms with van der Waals surface area (Å²) < 4.78 is 16.8. The summed E-state index contributed by atoms with van der Waals surface area (Å²) in [5.41, 5.74) is 0. The van der Waals surface area contributed by atoms with Gasteiger partial charge in [0.1, 0.15) is 13.2 Å². The number of carbonyl (C=O) groups is 3. The fourth-order valence-electron chi connectivity index (χ4n) is 7.28. The van der Waals surface area contributed by atoms with Crippen LogP contribution in [0.1, 0.15) is 233 Å². The Balaban J connectivity index is 4.49. The molecule has 0 radical (unpaired) electrons. The van der Waals surface area contributed by atoms with Crippen LogP contribution in [-0.2, 0) is 28.6 Å². The van der Waals surface area contributed by atoms with Crippen LogP contribution in [0.5, 0.6) is 0 Å². The molecule has 0 saturated carbocycles. The lowest BCUT2D eigenvalue weighted by molar-refractivity contribution is -0.167. The molecule has 0 aliphatic carbocycles. The molecule has 384 valence electrons. The standard InChI is InChI=1S/C62H100O6/c1-4-7-10-13-16-19-22-25-27-29-31-33-35-37-40-43-46-49-52-55-61(64)67-58-59(57-66-60(63)54-51-48-45-42-39-24-21-18-15-12-9-6-3)68-62(65)56-53-50-47-44-41-38-36-34-32-30-28-26-23-20-17-14-11-8-5-2/h7,9-10,12-13,16,18-19,21-22,25,27,29-33,35,37,40,59H,4-6,8,11,14-15,17,20,23-24,26,28,34,36,38-39,41-58H2,1-3H3/b10-7-,12-9-,16-13-,21-18-,22-19-,27-25-,31-29+,32-30-,35-33-,40-37-. The highest BCUT2D eigenvalue weighted by Crippen LogP contribution is 2.14. The SMILES string of the molecule is CC\C=C/C=C\C=C/C=C\C=C\C=C/C=C\CCCCCC(=O)OCC(COC(=O)CCCCCCC/C=C\C/C=C\CC)OC(=O)CCCCCCCCC/C=C\CCCCCCCCCC. The van der Waals surface area contributed by atoms with E-state index in [0.717, 1.165) is 103 Å². The van der Waals surface area contributed by atoms with Crippen LogP contribution in [0.4, 0.5) is 0 Å². The smallest absolute Gasteiger partial charge is 0.306 e. The van der Waals surface area contributed by atoms with Gasteiger partial charge in [-0.3, -0.25) is 14.4 Å². The molecule has 0 aromatic carbocycles. The summed E-state index contributed by atoms with van der Waals surface area (Å²) in [6.45, 7) is 6.32. The third-order valence-corrected chi connectivity index (χ3v) is 11.4. The molecule has 6 heteroatoms. The van der Waals surface area contributed by atoms with Crippen molar-refractivity contribution in [2.45, 2.75) is 239 Å². The Morgan fingerprint density at radius 1 is 0.324 bits per heavy atom. The molecule has 1 unspecified atom stereocenters. The zero-order valence-electron chi connectivity index (χ0n) is 43.8. The molecule has 68 heavy (non-hydrogen) atoms. The van der Waals surface area contributed by atoms with Gasteiger partial charge in [0.25, 0.3) is 0 Å². The molecule has 0 spiro atoms. The molecule has 0 bridgehead atoms. The molecular weight excluding hydrogens is 841 g/mol. The van der Waals surface area contributed by atoms with E-state index in [1.807, 2.05) is 72.9 Å². The number of hydrogen-bond acceptors (Lipinski definition) is 6. The Bertz CT molecular complexity index is 1450. The molecule has 6 nitrogen and oxygen atoms in total. The third kappa shape index (κ3) is 52.8. The number of ether oxygens (including phenoxy) is 3. The number of hydrogen-bond donors (Lipinski definition) is 0. The quantitative estimate of drug-likeness (QED) is 0.0199. The summed E-state index contributed by atoms with van der Waals surface area (Å²) in [4.78, 5) is 38.1. The molecule has 0 aliphatic heterocycles. The van der Waals surface area contributed by atoms with Crippen LogP contribution < -0.4 is 0 Å². The van der Waals surface area contributed by atoms with E-state index in [-0.39, 0.29) is 31.1 Å². The zero-order chi connectivity index (χ0) is 49.3. The number of esters is 3. The number of rotatable bonds is 48. The first-order chi connectivity index (χ1) is 33.5. The maximum absolute atomic E-state index is 12.8.